The summed E-state index contributed by atoms with van der Waals surface area (Å²) in [6.07, 6.45) is 4.87. The van der Waals surface area contributed by atoms with E-state index in [1.54, 1.807) is 7.11 Å². The third-order valence-electron chi connectivity index (χ3n) is 3.80. The lowest BCUT2D eigenvalue weighted by Crippen LogP contribution is -2.22. The summed E-state index contributed by atoms with van der Waals surface area (Å²) in [6.45, 7) is 6.58. The number of methoxy groups -OCH3 is 1. The van der Waals surface area contributed by atoms with Gasteiger partial charge in [0.25, 0.3) is 0 Å². The molecule has 0 aromatic heterocycles. The Bertz CT molecular complexity index is 362. The van der Waals surface area contributed by atoms with Gasteiger partial charge in [-0.1, -0.05) is 39.2 Å². The maximum absolute atomic E-state index is 6.44. The average molecular weight is 249 g/mol. The van der Waals surface area contributed by atoms with Crippen LogP contribution in [0.1, 0.15) is 56.7 Å². The van der Waals surface area contributed by atoms with Gasteiger partial charge in [-0.05, 0) is 42.5 Å². The maximum Gasteiger partial charge on any atom is 0.119 e. The minimum atomic E-state index is 0.146. The van der Waals surface area contributed by atoms with Gasteiger partial charge in [0.2, 0.25) is 0 Å². The zero-order valence-corrected chi connectivity index (χ0v) is 12.2. The lowest BCUT2D eigenvalue weighted by molar-refractivity contribution is 0.376. The highest BCUT2D eigenvalue weighted by Crippen LogP contribution is 2.30. The molecule has 2 heteroatoms. The van der Waals surface area contributed by atoms with E-state index >= 15 is 0 Å². The van der Waals surface area contributed by atoms with Crippen molar-refractivity contribution in [3.8, 4) is 5.75 Å². The van der Waals surface area contributed by atoms with Crippen molar-refractivity contribution in [2.24, 2.45) is 11.7 Å². The molecule has 2 unspecified atom stereocenters. The smallest absolute Gasteiger partial charge is 0.119 e. The van der Waals surface area contributed by atoms with Crippen molar-refractivity contribution in [2.75, 3.05) is 7.11 Å². The average Bonchev–Trinajstić information content (AvgIpc) is 2.39. The molecule has 2 atom stereocenters. The first-order chi connectivity index (χ1) is 8.63. The first-order valence-electron chi connectivity index (χ1n) is 7.04. The van der Waals surface area contributed by atoms with Crippen LogP contribution in [-0.2, 0) is 0 Å². The minimum Gasteiger partial charge on any atom is -0.497 e. The van der Waals surface area contributed by atoms with E-state index in [9.17, 15) is 0 Å². The fourth-order valence-electron chi connectivity index (χ4n) is 2.51. The van der Waals surface area contributed by atoms with Crippen LogP contribution < -0.4 is 10.5 Å². The summed E-state index contributed by atoms with van der Waals surface area (Å²) in [5, 5.41) is 0. The molecule has 1 rings (SSSR count). The Morgan fingerprint density at radius 1 is 1.28 bits per heavy atom. The molecule has 0 fully saturated rings. The molecule has 0 aliphatic carbocycles. The highest BCUT2D eigenvalue weighted by Gasteiger charge is 2.19. The van der Waals surface area contributed by atoms with Crippen LogP contribution >= 0.6 is 0 Å². The molecule has 102 valence electrons. The predicted octanol–water partition coefficient (Wildman–Crippen LogP) is 4.22. The SMILES string of the molecule is CCCCC(CC)C(N)c1ccc(OC)cc1C. The molecule has 2 nitrogen and oxygen atoms in total. The van der Waals surface area contributed by atoms with Crippen LogP contribution in [0.2, 0.25) is 0 Å². The molecular formula is C16H27NO. The molecule has 0 aliphatic rings. The van der Waals surface area contributed by atoms with Crippen LogP contribution in [0.15, 0.2) is 18.2 Å². The number of nitrogens with two attached hydrogens (primary N) is 1. The van der Waals surface area contributed by atoms with Crippen LogP contribution in [0, 0.1) is 12.8 Å². The van der Waals surface area contributed by atoms with E-state index < -0.39 is 0 Å². The normalized spacial score (nSPS) is 14.3. The maximum atomic E-state index is 6.44. The number of unbranched alkanes of at least 4 members (excludes halogenated alkanes) is 1. The standard InChI is InChI=1S/C16H27NO/c1-5-7-8-13(6-2)16(17)15-10-9-14(18-4)11-12(15)3/h9-11,13,16H,5-8,17H2,1-4H3. The lowest BCUT2D eigenvalue weighted by Gasteiger charge is -2.24. The van der Waals surface area contributed by atoms with Gasteiger partial charge < -0.3 is 10.5 Å². The van der Waals surface area contributed by atoms with Gasteiger partial charge in [-0.2, -0.15) is 0 Å². The number of hydrogen-bond acceptors (Lipinski definition) is 2. The molecule has 0 bridgehead atoms. The van der Waals surface area contributed by atoms with Gasteiger partial charge in [0.05, 0.1) is 7.11 Å². The molecule has 2 N–H and O–H groups in total. The van der Waals surface area contributed by atoms with Crippen LogP contribution in [0.3, 0.4) is 0 Å². The summed E-state index contributed by atoms with van der Waals surface area (Å²) >= 11 is 0. The number of hydrogen-bond donors (Lipinski definition) is 1. The fourth-order valence-corrected chi connectivity index (χ4v) is 2.51. The molecule has 18 heavy (non-hydrogen) atoms. The monoisotopic (exact) mass is 249 g/mol. The predicted molar refractivity (Wildman–Crippen MR) is 78.0 cm³/mol. The van der Waals surface area contributed by atoms with Crippen LogP contribution in [0.5, 0.6) is 5.75 Å². The molecule has 0 spiro atoms. The summed E-state index contributed by atoms with van der Waals surface area (Å²) in [5.74, 6) is 1.49. The molecule has 0 saturated heterocycles. The van der Waals surface area contributed by atoms with Gasteiger partial charge in [0.15, 0.2) is 0 Å². The topological polar surface area (TPSA) is 35.2 Å². The largest absolute Gasteiger partial charge is 0.497 e. The Labute approximate surface area is 112 Å². The quantitative estimate of drug-likeness (QED) is 0.785. The summed E-state index contributed by atoms with van der Waals surface area (Å²) in [5.41, 5.74) is 8.94. The Kier molecular flexibility index (Phi) is 6.20. The van der Waals surface area contributed by atoms with Gasteiger partial charge in [-0.25, -0.2) is 0 Å². The van der Waals surface area contributed by atoms with Crippen LogP contribution in [-0.4, -0.2) is 7.11 Å². The second kappa shape index (κ2) is 7.42. The van der Waals surface area contributed by atoms with E-state index in [1.165, 1.54) is 30.4 Å². The van der Waals surface area contributed by atoms with E-state index in [4.69, 9.17) is 10.5 Å². The lowest BCUT2D eigenvalue weighted by atomic mass is 9.86. The number of aryl methyl sites for hydroxylation is 1. The summed E-state index contributed by atoms with van der Waals surface area (Å²) in [7, 11) is 1.70. The second-order valence-corrected chi connectivity index (χ2v) is 5.06. The van der Waals surface area contributed by atoms with Crippen molar-refractivity contribution in [1.29, 1.82) is 0 Å². The number of ether oxygens (including phenoxy) is 1. The van der Waals surface area contributed by atoms with Crippen molar-refractivity contribution in [3.05, 3.63) is 29.3 Å². The van der Waals surface area contributed by atoms with Crippen molar-refractivity contribution in [2.45, 2.75) is 52.5 Å². The fraction of sp³-hybridized carbons (Fsp3) is 0.625. The van der Waals surface area contributed by atoms with Gasteiger partial charge in [-0.15, -0.1) is 0 Å². The molecule has 0 amide bonds. The minimum absolute atomic E-state index is 0.146. The Morgan fingerprint density at radius 3 is 2.50 bits per heavy atom. The second-order valence-electron chi connectivity index (χ2n) is 5.06. The first-order valence-corrected chi connectivity index (χ1v) is 7.04. The zero-order chi connectivity index (χ0) is 13.5. The van der Waals surface area contributed by atoms with Gasteiger partial charge in [0, 0.05) is 6.04 Å². The first kappa shape index (κ1) is 15.0. The highest BCUT2D eigenvalue weighted by atomic mass is 16.5. The molecule has 0 saturated carbocycles. The van der Waals surface area contributed by atoms with Crippen LogP contribution in [0.25, 0.3) is 0 Å². The third-order valence-corrected chi connectivity index (χ3v) is 3.80. The van der Waals surface area contributed by atoms with Crippen molar-refractivity contribution < 1.29 is 4.74 Å². The number of rotatable bonds is 7. The van der Waals surface area contributed by atoms with E-state index in [1.807, 2.05) is 6.07 Å². The molecule has 0 aliphatic heterocycles. The molecule has 0 radical (unpaired) electrons. The molecule has 0 heterocycles. The van der Waals surface area contributed by atoms with Gasteiger partial charge in [-0.3, -0.25) is 0 Å². The number of benzene rings is 1. The summed E-state index contributed by atoms with van der Waals surface area (Å²) in [6, 6.07) is 6.34. The van der Waals surface area contributed by atoms with Gasteiger partial charge in [0.1, 0.15) is 5.75 Å². The molecule has 1 aromatic rings. The highest BCUT2D eigenvalue weighted by molar-refractivity contribution is 5.36. The van der Waals surface area contributed by atoms with E-state index in [0.717, 1.165) is 12.2 Å². The molecular weight excluding hydrogens is 222 g/mol. The Morgan fingerprint density at radius 2 is 2.00 bits per heavy atom. The van der Waals surface area contributed by atoms with E-state index in [0.29, 0.717) is 5.92 Å². The summed E-state index contributed by atoms with van der Waals surface area (Å²) in [4.78, 5) is 0. The summed E-state index contributed by atoms with van der Waals surface area (Å²) < 4.78 is 5.24. The van der Waals surface area contributed by atoms with Crippen molar-refractivity contribution in [3.63, 3.8) is 0 Å². The van der Waals surface area contributed by atoms with E-state index in [-0.39, 0.29) is 6.04 Å². The Balaban J connectivity index is 2.83. The van der Waals surface area contributed by atoms with Crippen molar-refractivity contribution >= 4 is 0 Å². The molecule has 1 aromatic carbocycles. The van der Waals surface area contributed by atoms with E-state index in [2.05, 4.69) is 32.9 Å². The Hall–Kier alpha value is -1.02. The van der Waals surface area contributed by atoms with Gasteiger partial charge >= 0.3 is 0 Å². The van der Waals surface area contributed by atoms with Crippen molar-refractivity contribution in [1.82, 2.24) is 0 Å². The van der Waals surface area contributed by atoms with Crippen LogP contribution in [0.4, 0.5) is 0 Å². The zero-order valence-electron chi connectivity index (χ0n) is 12.2. The third kappa shape index (κ3) is 3.74.